The Bertz CT molecular complexity index is 613. The number of hydrogen-bond acceptors (Lipinski definition) is 5. The van der Waals surface area contributed by atoms with E-state index in [0.29, 0.717) is 5.16 Å². The second kappa shape index (κ2) is 5.87. The van der Waals surface area contributed by atoms with E-state index in [0.717, 1.165) is 28.6 Å². The van der Waals surface area contributed by atoms with Crippen molar-refractivity contribution in [1.82, 2.24) is 14.9 Å². The van der Waals surface area contributed by atoms with Gasteiger partial charge in [-0.3, -0.25) is 4.79 Å². The van der Waals surface area contributed by atoms with E-state index in [1.807, 2.05) is 0 Å². The molecule has 0 unspecified atom stereocenters. The average molecular weight is 299 g/mol. The summed E-state index contributed by atoms with van der Waals surface area (Å²) in [5, 5.41) is 9.14. The van der Waals surface area contributed by atoms with Gasteiger partial charge in [0, 0.05) is 0 Å². The van der Waals surface area contributed by atoms with E-state index >= 15 is 0 Å². The molecule has 1 heterocycles. The van der Waals surface area contributed by atoms with Crippen LogP contribution in [0.1, 0.15) is 6.92 Å². The molecule has 0 fully saturated rings. The number of benzene rings is 1. The molecule has 2 rings (SSSR count). The highest BCUT2D eigenvalue weighted by Crippen LogP contribution is 2.23. The van der Waals surface area contributed by atoms with Crippen LogP contribution < -0.4 is 11.2 Å². The Morgan fingerprint density at radius 2 is 2.10 bits per heavy atom. The lowest BCUT2D eigenvalue weighted by Gasteiger charge is -2.12. The molecule has 0 aliphatic heterocycles. The van der Waals surface area contributed by atoms with Gasteiger partial charge in [-0.1, -0.05) is 17.8 Å². The second-order valence-corrected chi connectivity index (χ2v) is 5.17. The summed E-state index contributed by atoms with van der Waals surface area (Å²) in [6.45, 7) is 1.56. The van der Waals surface area contributed by atoms with E-state index in [-0.39, 0.29) is 0 Å². The maximum atomic E-state index is 13.4. The molecule has 1 atom stereocenters. The van der Waals surface area contributed by atoms with Crippen LogP contribution in [0.4, 0.5) is 14.5 Å². The van der Waals surface area contributed by atoms with Crippen LogP contribution in [-0.4, -0.2) is 26.0 Å². The van der Waals surface area contributed by atoms with Crippen LogP contribution in [0, 0.1) is 11.6 Å². The van der Waals surface area contributed by atoms with Crippen molar-refractivity contribution in [3.63, 3.8) is 0 Å². The van der Waals surface area contributed by atoms with Gasteiger partial charge in [0.15, 0.2) is 0 Å². The van der Waals surface area contributed by atoms with Crippen LogP contribution in [0.15, 0.2) is 29.7 Å². The van der Waals surface area contributed by atoms with Crippen LogP contribution in [-0.2, 0) is 4.79 Å². The Labute approximate surface area is 117 Å². The molecular formula is C11H11F2N5OS. The summed E-state index contributed by atoms with van der Waals surface area (Å²) in [7, 11) is 0. The molecule has 0 radical (unpaired) electrons. The number of para-hydroxylation sites is 1. The second-order valence-electron chi connectivity index (χ2n) is 3.87. The highest BCUT2D eigenvalue weighted by atomic mass is 32.2. The predicted molar refractivity (Wildman–Crippen MR) is 70.5 cm³/mol. The van der Waals surface area contributed by atoms with Crippen molar-refractivity contribution in [2.24, 2.45) is 0 Å². The van der Waals surface area contributed by atoms with Crippen LogP contribution in [0.5, 0.6) is 0 Å². The highest BCUT2D eigenvalue weighted by molar-refractivity contribution is 8.00. The third kappa shape index (κ3) is 3.05. The van der Waals surface area contributed by atoms with E-state index in [9.17, 15) is 13.6 Å². The van der Waals surface area contributed by atoms with Crippen molar-refractivity contribution >= 4 is 23.4 Å². The number of nitrogens with two attached hydrogens (primary N) is 1. The standard InChI is InChI=1S/C11H11F2N5OS/c1-6(20-11-17-15-5-18(11)14)10(19)16-9-7(12)3-2-4-8(9)13/h2-6H,14H2,1H3,(H,16,19)/t6-/m0/s1. The quantitative estimate of drug-likeness (QED) is 0.658. The lowest BCUT2D eigenvalue weighted by molar-refractivity contribution is -0.115. The molecule has 0 saturated heterocycles. The van der Waals surface area contributed by atoms with Gasteiger partial charge in [-0.15, -0.1) is 10.2 Å². The van der Waals surface area contributed by atoms with Gasteiger partial charge in [-0.25, -0.2) is 13.5 Å². The first-order valence-corrected chi connectivity index (χ1v) is 6.43. The lowest BCUT2D eigenvalue weighted by atomic mass is 10.3. The number of nitrogen functional groups attached to an aromatic ring is 1. The summed E-state index contributed by atoms with van der Waals surface area (Å²) >= 11 is 1.02. The highest BCUT2D eigenvalue weighted by Gasteiger charge is 2.20. The SMILES string of the molecule is C[C@H](Sc1nncn1N)C(=O)Nc1c(F)cccc1F. The molecule has 0 saturated carbocycles. The van der Waals surface area contributed by atoms with Gasteiger partial charge in [0.05, 0.1) is 5.25 Å². The Morgan fingerprint density at radius 3 is 2.65 bits per heavy atom. The number of amides is 1. The third-order valence-corrected chi connectivity index (χ3v) is 3.47. The normalized spacial score (nSPS) is 12.2. The van der Waals surface area contributed by atoms with E-state index in [2.05, 4.69) is 15.5 Å². The van der Waals surface area contributed by atoms with Crippen molar-refractivity contribution in [2.45, 2.75) is 17.3 Å². The Morgan fingerprint density at radius 1 is 1.45 bits per heavy atom. The molecule has 1 aromatic heterocycles. The topological polar surface area (TPSA) is 85.8 Å². The van der Waals surface area contributed by atoms with Crippen LogP contribution >= 0.6 is 11.8 Å². The number of aromatic nitrogens is 3. The number of thioether (sulfide) groups is 1. The van der Waals surface area contributed by atoms with Gasteiger partial charge < -0.3 is 11.2 Å². The maximum absolute atomic E-state index is 13.4. The minimum atomic E-state index is -0.836. The van der Waals surface area contributed by atoms with E-state index < -0.39 is 28.5 Å². The van der Waals surface area contributed by atoms with Crippen molar-refractivity contribution in [1.29, 1.82) is 0 Å². The number of nitrogens with one attached hydrogen (secondary N) is 1. The number of nitrogens with zero attached hydrogens (tertiary/aromatic N) is 3. The number of carbonyl (C=O) groups is 1. The third-order valence-electron chi connectivity index (χ3n) is 2.40. The predicted octanol–water partition coefficient (Wildman–Crippen LogP) is 1.39. The molecule has 0 bridgehead atoms. The number of rotatable bonds is 4. The summed E-state index contributed by atoms with van der Waals surface area (Å²) in [6, 6.07) is 3.34. The minimum absolute atomic E-state index is 0.321. The number of anilines is 1. The molecule has 0 aliphatic carbocycles. The molecule has 9 heteroatoms. The van der Waals surface area contributed by atoms with E-state index in [1.165, 1.54) is 12.4 Å². The summed E-state index contributed by atoms with van der Waals surface area (Å²) in [4.78, 5) is 11.9. The summed E-state index contributed by atoms with van der Waals surface area (Å²) in [5.74, 6) is 3.27. The van der Waals surface area contributed by atoms with Crippen molar-refractivity contribution in [2.75, 3.05) is 11.2 Å². The fourth-order valence-electron chi connectivity index (χ4n) is 1.37. The molecule has 106 valence electrons. The summed E-state index contributed by atoms with van der Waals surface area (Å²) < 4.78 is 28.0. The minimum Gasteiger partial charge on any atom is -0.336 e. The first kappa shape index (κ1) is 14.3. The van der Waals surface area contributed by atoms with Crippen molar-refractivity contribution in [3.8, 4) is 0 Å². The fourth-order valence-corrected chi connectivity index (χ4v) is 2.12. The van der Waals surface area contributed by atoms with Crippen molar-refractivity contribution < 1.29 is 13.6 Å². The zero-order chi connectivity index (χ0) is 14.7. The molecule has 0 spiro atoms. The van der Waals surface area contributed by atoms with Crippen LogP contribution in [0.2, 0.25) is 0 Å². The molecular weight excluding hydrogens is 288 g/mol. The molecule has 2 aromatic rings. The first-order chi connectivity index (χ1) is 9.49. The lowest BCUT2D eigenvalue weighted by Crippen LogP contribution is -2.24. The van der Waals surface area contributed by atoms with Gasteiger partial charge in [-0.2, -0.15) is 0 Å². The number of halogens is 2. The van der Waals surface area contributed by atoms with Crippen LogP contribution in [0.25, 0.3) is 0 Å². The number of carbonyl (C=O) groups excluding carboxylic acids is 1. The summed E-state index contributed by atoms with van der Waals surface area (Å²) in [6.07, 6.45) is 1.28. The van der Waals surface area contributed by atoms with E-state index in [1.54, 1.807) is 6.92 Å². The Hall–Kier alpha value is -2.16. The fraction of sp³-hybridized carbons (Fsp3) is 0.182. The van der Waals surface area contributed by atoms with Gasteiger partial charge in [0.25, 0.3) is 0 Å². The van der Waals surface area contributed by atoms with E-state index in [4.69, 9.17) is 5.84 Å². The first-order valence-electron chi connectivity index (χ1n) is 5.55. The Kier molecular flexibility index (Phi) is 4.18. The molecule has 1 aromatic carbocycles. The molecule has 3 N–H and O–H groups in total. The van der Waals surface area contributed by atoms with Crippen LogP contribution in [0.3, 0.4) is 0 Å². The monoisotopic (exact) mass is 299 g/mol. The van der Waals surface area contributed by atoms with Gasteiger partial charge in [0.1, 0.15) is 23.6 Å². The molecule has 1 amide bonds. The number of hydrogen-bond donors (Lipinski definition) is 2. The summed E-state index contributed by atoms with van der Waals surface area (Å²) in [5.41, 5.74) is -0.473. The molecule has 20 heavy (non-hydrogen) atoms. The maximum Gasteiger partial charge on any atom is 0.237 e. The zero-order valence-electron chi connectivity index (χ0n) is 10.4. The largest absolute Gasteiger partial charge is 0.336 e. The molecule has 6 nitrogen and oxygen atoms in total. The molecule has 0 aliphatic rings. The van der Waals surface area contributed by atoms with Crippen molar-refractivity contribution in [3.05, 3.63) is 36.2 Å². The van der Waals surface area contributed by atoms with Gasteiger partial charge in [0.2, 0.25) is 11.1 Å². The van der Waals surface area contributed by atoms with Gasteiger partial charge in [-0.05, 0) is 19.1 Å². The average Bonchev–Trinajstić information content (AvgIpc) is 2.79. The smallest absolute Gasteiger partial charge is 0.237 e. The van der Waals surface area contributed by atoms with Gasteiger partial charge >= 0.3 is 0 Å². The zero-order valence-corrected chi connectivity index (χ0v) is 11.2. The Balaban J connectivity index is 2.06.